The number of rotatable bonds is 49. The molecule has 0 rings (SSSR count). The second-order valence-corrected chi connectivity index (χ2v) is 18.1. The molecule has 0 aromatic rings. The normalized spacial score (nSPS) is 13.3. The van der Waals surface area contributed by atoms with Crippen molar-refractivity contribution >= 4 is 17.9 Å². The maximum absolute atomic E-state index is 12.8. The molecular formula is C66H102O6. The van der Waals surface area contributed by atoms with E-state index in [1.54, 1.807) is 0 Å². The molecule has 0 heterocycles. The highest BCUT2D eigenvalue weighted by Crippen LogP contribution is 2.12. The van der Waals surface area contributed by atoms with E-state index in [0.29, 0.717) is 19.3 Å². The third-order valence-corrected chi connectivity index (χ3v) is 11.3. The summed E-state index contributed by atoms with van der Waals surface area (Å²) < 4.78 is 16.8. The smallest absolute Gasteiger partial charge is 0.306 e. The van der Waals surface area contributed by atoms with Gasteiger partial charge in [0.15, 0.2) is 6.10 Å². The lowest BCUT2D eigenvalue weighted by Crippen LogP contribution is -2.30. The maximum atomic E-state index is 12.8. The van der Waals surface area contributed by atoms with E-state index in [4.69, 9.17) is 14.2 Å². The Morgan fingerprint density at radius 3 is 0.903 bits per heavy atom. The Morgan fingerprint density at radius 1 is 0.292 bits per heavy atom. The Hall–Kier alpha value is -4.97. The monoisotopic (exact) mass is 991 g/mol. The number of allylic oxidation sites excluding steroid dienone is 26. The van der Waals surface area contributed by atoms with Crippen molar-refractivity contribution in [3.63, 3.8) is 0 Å². The fourth-order valence-electron chi connectivity index (χ4n) is 7.04. The molecule has 1 atom stereocenters. The number of carbonyl (C=O) groups is 3. The van der Waals surface area contributed by atoms with Crippen molar-refractivity contribution < 1.29 is 28.6 Å². The largest absolute Gasteiger partial charge is 0.462 e. The van der Waals surface area contributed by atoms with Crippen LogP contribution in [-0.2, 0) is 28.6 Å². The maximum Gasteiger partial charge on any atom is 0.306 e. The number of unbranched alkanes of at least 4 members (excludes halogenated alkanes) is 12. The van der Waals surface area contributed by atoms with Gasteiger partial charge in [0, 0.05) is 19.3 Å². The number of hydrogen-bond donors (Lipinski definition) is 0. The third-order valence-electron chi connectivity index (χ3n) is 11.3. The van der Waals surface area contributed by atoms with Crippen LogP contribution < -0.4 is 0 Å². The van der Waals surface area contributed by atoms with Crippen LogP contribution in [0.5, 0.6) is 0 Å². The highest BCUT2D eigenvalue weighted by atomic mass is 16.6. The van der Waals surface area contributed by atoms with Gasteiger partial charge in [-0.05, 0) is 128 Å². The molecule has 0 aromatic carbocycles. The van der Waals surface area contributed by atoms with Crippen molar-refractivity contribution in [1.29, 1.82) is 0 Å². The van der Waals surface area contributed by atoms with Gasteiger partial charge in [-0.1, -0.05) is 230 Å². The first-order valence-corrected chi connectivity index (χ1v) is 28.5. The van der Waals surface area contributed by atoms with Crippen LogP contribution in [-0.4, -0.2) is 37.2 Å². The van der Waals surface area contributed by atoms with E-state index in [1.807, 2.05) is 12.2 Å². The van der Waals surface area contributed by atoms with Crippen molar-refractivity contribution in [3.05, 3.63) is 158 Å². The van der Waals surface area contributed by atoms with Crippen LogP contribution >= 0.6 is 0 Å². The van der Waals surface area contributed by atoms with Gasteiger partial charge in [0.2, 0.25) is 0 Å². The molecule has 0 amide bonds. The first kappa shape index (κ1) is 67.0. The van der Waals surface area contributed by atoms with Gasteiger partial charge >= 0.3 is 17.9 Å². The number of carbonyl (C=O) groups excluding carboxylic acids is 3. The van der Waals surface area contributed by atoms with Gasteiger partial charge in [-0.15, -0.1) is 0 Å². The predicted octanol–water partition coefficient (Wildman–Crippen LogP) is 19.4. The van der Waals surface area contributed by atoms with Gasteiger partial charge < -0.3 is 14.2 Å². The summed E-state index contributed by atoms with van der Waals surface area (Å²) in [5.41, 5.74) is 0. The van der Waals surface area contributed by atoms with E-state index >= 15 is 0 Å². The third kappa shape index (κ3) is 56.0. The zero-order valence-corrected chi connectivity index (χ0v) is 45.9. The Bertz CT molecular complexity index is 1660. The molecule has 6 nitrogen and oxygen atoms in total. The molecule has 0 aliphatic heterocycles. The van der Waals surface area contributed by atoms with E-state index in [9.17, 15) is 14.4 Å². The van der Waals surface area contributed by atoms with E-state index < -0.39 is 12.1 Å². The molecule has 0 aromatic heterocycles. The van der Waals surface area contributed by atoms with E-state index in [1.165, 1.54) is 19.3 Å². The van der Waals surface area contributed by atoms with Crippen LogP contribution in [0, 0.1) is 0 Å². The summed E-state index contributed by atoms with van der Waals surface area (Å²) in [5.74, 6) is -1.06. The second kappa shape index (κ2) is 58.6. The molecule has 1 unspecified atom stereocenters. The summed E-state index contributed by atoms with van der Waals surface area (Å²) in [7, 11) is 0. The second-order valence-electron chi connectivity index (χ2n) is 18.1. The fourth-order valence-corrected chi connectivity index (χ4v) is 7.04. The van der Waals surface area contributed by atoms with Gasteiger partial charge in [-0.2, -0.15) is 0 Å². The van der Waals surface area contributed by atoms with Gasteiger partial charge in [-0.3, -0.25) is 14.4 Å². The predicted molar refractivity (Wildman–Crippen MR) is 311 cm³/mol. The molecule has 0 aliphatic carbocycles. The summed E-state index contributed by atoms with van der Waals surface area (Å²) in [5, 5.41) is 0. The van der Waals surface area contributed by atoms with E-state index in [-0.39, 0.29) is 31.6 Å². The molecule has 0 radical (unpaired) electrons. The SMILES string of the molecule is CC/C=C\C/C=C\C/C=C\C/C=C\C/C=C\C/C=C\CCC(=O)OC(COC(=O)CCCCCCC/C=C\C/C=C\C/C=C\C/C=C\C/C=C\CC)COC(=O)CCCCCCC/C=C\C/C=C\CCCC. The first-order chi connectivity index (χ1) is 35.5. The van der Waals surface area contributed by atoms with E-state index in [0.717, 1.165) is 154 Å². The van der Waals surface area contributed by atoms with Gasteiger partial charge in [-0.25, -0.2) is 0 Å². The van der Waals surface area contributed by atoms with Crippen molar-refractivity contribution in [2.24, 2.45) is 0 Å². The summed E-state index contributed by atoms with van der Waals surface area (Å²) in [6, 6.07) is 0. The van der Waals surface area contributed by atoms with E-state index in [2.05, 4.69) is 167 Å². The number of esters is 3. The average Bonchev–Trinajstić information content (AvgIpc) is 3.38. The Balaban J connectivity index is 4.58. The van der Waals surface area contributed by atoms with Crippen molar-refractivity contribution in [2.45, 2.75) is 226 Å². The minimum Gasteiger partial charge on any atom is -0.462 e. The first-order valence-electron chi connectivity index (χ1n) is 28.5. The van der Waals surface area contributed by atoms with Gasteiger partial charge in [0.25, 0.3) is 0 Å². The Kier molecular flexibility index (Phi) is 54.6. The minimum absolute atomic E-state index is 0.129. The minimum atomic E-state index is -0.841. The molecule has 0 fully saturated rings. The van der Waals surface area contributed by atoms with Crippen LogP contribution in [0.4, 0.5) is 0 Å². The van der Waals surface area contributed by atoms with Crippen molar-refractivity contribution in [1.82, 2.24) is 0 Å². The van der Waals surface area contributed by atoms with Crippen LogP contribution in [0.25, 0.3) is 0 Å². The molecule has 0 saturated heterocycles. The standard InChI is InChI=1S/C66H102O6/c1-4-7-10-13-16-19-22-25-28-30-32-33-35-36-38-41-44-47-50-53-56-59-65(68)71-62-63(61-70-64(67)58-55-52-49-46-43-40-27-24-21-18-15-12-9-6-3)72-66(69)60-57-54-51-48-45-42-39-37-34-31-29-26-23-20-17-14-11-8-5-2/h7-8,10-11,15-20,24-29,32-34,36-38,42,45,51,54,63H,4-6,9,12-14,21-23,30-31,35,39-41,43-44,46-50,52-53,55-62H2,1-3H3/b10-7-,11-8-,18-15-,19-16-,20-17-,27-24-,28-25-,29-26-,33-32-,37-34-,38-36-,45-42-,54-51-. The van der Waals surface area contributed by atoms with Crippen LogP contribution in [0.3, 0.4) is 0 Å². The lowest BCUT2D eigenvalue weighted by Gasteiger charge is -2.18. The molecule has 6 heteroatoms. The van der Waals surface area contributed by atoms with Crippen LogP contribution in [0.1, 0.15) is 220 Å². The van der Waals surface area contributed by atoms with Crippen molar-refractivity contribution in [2.75, 3.05) is 13.2 Å². The Labute approximate surface area is 441 Å². The summed E-state index contributed by atoms with van der Waals surface area (Å²) in [6.07, 6.45) is 85.2. The molecule has 0 bridgehead atoms. The van der Waals surface area contributed by atoms with Gasteiger partial charge in [0.1, 0.15) is 13.2 Å². The summed E-state index contributed by atoms with van der Waals surface area (Å²) in [6.45, 7) is 6.26. The number of ether oxygens (including phenoxy) is 3. The molecule has 0 N–H and O–H groups in total. The summed E-state index contributed by atoms with van der Waals surface area (Å²) >= 11 is 0. The average molecular weight is 992 g/mol. The molecular weight excluding hydrogens is 889 g/mol. The quantitative estimate of drug-likeness (QED) is 0.0262. The lowest BCUT2D eigenvalue weighted by atomic mass is 10.1. The summed E-state index contributed by atoms with van der Waals surface area (Å²) in [4.78, 5) is 38.1. The molecule has 0 spiro atoms. The Morgan fingerprint density at radius 2 is 0.569 bits per heavy atom. The highest BCUT2D eigenvalue weighted by molar-refractivity contribution is 5.71. The van der Waals surface area contributed by atoms with Crippen molar-refractivity contribution in [3.8, 4) is 0 Å². The fraction of sp³-hybridized carbons (Fsp3) is 0.561. The van der Waals surface area contributed by atoms with Gasteiger partial charge in [0.05, 0.1) is 0 Å². The topological polar surface area (TPSA) is 78.9 Å². The zero-order chi connectivity index (χ0) is 52.2. The molecule has 0 aliphatic rings. The van der Waals surface area contributed by atoms with Crippen LogP contribution in [0.2, 0.25) is 0 Å². The zero-order valence-electron chi connectivity index (χ0n) is 45.9. The van der Waals surface area contributed by atoms with Crippen LogP contribution in [0.15, 0.2) is 158 Å². The highest BCUT2D eigenvalue weighted by Gasteiger charge is 2.19. The molecule has 402 valence electrons. The molecule has 0 saturated carbocycles. The molecule has 72 heavy (non-hydrogen) atoms. The lowest BCUT2D eigenvalue weighted by molar-refractivity contribution is -0.166. The number of hydrogen-bond acceptors (Lipinski definition) is 6.